The van der Waals surface area contributed by atoms with Gasteiger partial charge in [0.25, 0.3) is 5.91 Å². The Labute approximate surface area is 162 Å². The summed E-state index contributed by atoms with van der Waals surface area (Å²) in [6, 6.07) is 0. The number of carbonyl (C=O) groups is 1. The molecular weight excluding hydrogens is 465 g/mol. The molecule has 6 unspecified atom stereocenters. The molecule has 0 aliphatic carbocycles. The molecule has 2 rings (SSSR count). The maximum Gasteiger partial charge on any atom is 0.490 e. The number of carbonyl (C=O) groups excluding carboxylic acids is 1. The van der Waals surface area contributed by atoms with Crippen molar-refractivity contribution in [2.24, 2.45) is 16.6 Å². The summed E-state index contributed by atoms with van der Waals surface area (Å²) in [5.41, 5.74) is 5.29. The summed E-state index contributed by atoms with van der Waals surface area (Å²) in [4.78, 5) is 50.6. The quantitative estimate of drug-likeness (QED) is 0.200. The molecule has 0 saturated carbocycles. The summed E-state index contributed by atoms with van der Waals surface area (Å²) in [6.45, 7) is -0.886. The molecule has 16 nitrogen and oxygen atoms in total. The van der Waals surface area contributed by atoms with Gasteiger partial charge >= 0.3 is 23.5 Å². The first-order chi connectivity index (χ1) is 13.1. The Hall–Kier alpha value is -0.990. The van der Waals surface area contributed by atoms with Crippen LogP contribution in [0.3, 0.4) is 0 Å². The van der Waals surface area contributed by atoms with Crippen LogP contribution >= 0.6 is 23.5 Å². The zero-order valence-electron chi connectivity index (χ0n) is 14.1. The minimum atomic E-state index is -5.68. The standard InChI is InChI=1S/C10H17N2O14P3/c11-9-6(14)1-4(10(15)12-9)7-2-5(13)8(24-7)3-23-28(19,20)26-29(21,22)25-27(16,17)18/h1,4-5,7-8,13-14H,2-3H2,(H,19,20)(H,21,22)(H2,11,12,15)(H2,16,17,18). The number of hydrogen-bond acceptors (Lipinski definition) is 11. The third-order valence-corrected chi connectivity index (χ3v) is 7.39. The van der Waals surface area contributed by atoms with E-state index in [9.17, 15) is 33.6 Å². The molecule has 166 valence electrons. The Morgan fingerprint density at radius 3 is 2.38 bits per heavy atom. The van der Waals surface area contributed by atoms with Gasteiger partial charge < -0.3 is 40.3 Å². The van der Waals surface area contributed by atoms with E-state index in [0.717, 1.165) is 6.08 Å². The number of amides is 1. The number of rotatable bonds is 8. The second kappa shape index (κ2) is 8.63. The van der Waals surface area contributed by atoms with Crippen LogP contribution < -0.4 is 5.73 Å². The highest BCUT2D eigenvalue weighted by atomic mass is 31.3. The van der Waals surface area contributed by atoms with E-state index in [2.05, 4.69) is 18.1 Å². The number of ether oxygens (including phenoxy) is 1. The van der Waals surface area contributed by atoms with Crippen molar-refractivity contribution < 1.29 is 66.2 Å². The molecule has 0 bridgehead atoms. The Balaban J connectivity index is 1.96. The third-order valence-electron chi connectivity index (χ3n) is 3.59. The molecule has 1 amide bonds. The van der Waals surface area contributed by atoms with E-state index < -0.39 is 71.8 Å². The van der Waals surface area contributed by atoms with Gasteiger partial charge in [0.15, 0.2) is 11.6 Å². The number of nitrogens with two attached hydrogens (primary N) is 1. The highest BCUT2D eigenvalue weighted by Gasteiger charge is 2.44. The molecule has 6 atom stereocenters. The van der Waals surface area contributed by atoms with E-state index in [-0.39, 0.29) is 6.42 Å². The smallest absolute Gasteiger partial charge is 0.490 e. The normalized spacial score (nSPS) is 32.2. The Kier molecular flexibility index (Phi) is 7.23. The number of amidine groups is 1. The van der Waals surface area contributed by atoms with Gasteiger partial charge in [-0.15, -0.1) is 0 Å². The largest absolute Gasteiger partial charge is 0.504 e. The van der Waals surface area contributed by atoms with Crippen molar-refractivity contribution in [3.8, 4) is 0 Å². The zero-order chi connectivity index (χ0) is 22.2. The van der Waals surface area contributed by atoms with Gasteiger partial charge in [-0.1, -0.05) is 0 Å². The van der Waals surface area contributed by atoms with Gasteiger partial charge in [-0.2, -0.15) is 13.6 Å². The van der Waals surface area contributed by atoms with Gasteiger partial charge in [-0.25, -0.2) is 13.7 Å². The third kappa shape index (κ3) is 7.03. The number of phosphoric acid groups is 3. The summed E-state index contributed by atoms with van der Waals surface area (Å²) in [7, 11) is -16.6. The molecule has 1 saturated heterocycles. The Bertz CT molecular complexity index is 866. The predicted octanol–water partition coefficient (Wildman–Crippen LogP) is -1.20. The molecule has 29 heavy (non-hydrogen) atoms. The number of dihydropyridines is 1. The lowest BCUT2D eigenvalue weighted by Gasteiger charge is -2.21. The fraction of sp³-hybridized carbons (Fsp3) is 0.600. The molecule has 2 heterocycles. The summed E-state index contributed by atoms with van der Waals surface area (Å²) < 4.78 is 50.3. The van der Waals surface area contributed by atoms with Crippen LogP contribution in [0.5, 0.6) is 0 Å². The summed E-state index contributed by atoms with van der Waals surface area (Å²) in [5.74, 6) is -2.72. The number of nitrogens with zero attached hydrogens (tertiary/aromatic N) is 1. The molecule has 8 N–H and O–H groups in total. The second-order valence-electron chi connectivity index (χ2n) is 5.82. The Morgan fingerprint density at radius 1 is 1.17 bits per heavy atom. The molecule has 0 aromatic rings. The van der Waals surface area contributed by atoms with E-state index in [0.29, 0.717) is 0 Å². The molecular formula is C10H17N2O14P3. The molecule has 0 aromatic carbocycles. The van der Waals surface area contributed by atoms with Crippen molar-refractivity contribution >= 4 is 35.2 Å². The van der Waals surface area contributed by atoms with Crippen LogP contribution in [-0.4, -0.2) is 66.4 Å². The molecule has 1 fully saturated rings. The van der Waals surface area contributed by atoms with Crippen molar-refractivity contribution in [2.45, 2.75) is 24.7 Å². The molecule has 2 aliphatic rings. The van der Waals surface area contributed by atoms with Crippen LogP contribution in [0.25, 0.3) is 0 Å². The van der Waals surface area contributed by atoms with E-state index in [1.165, 1.54) is 0 Å². The zero-order valence-corrected chi connectivity index (χ0v) is 16.8. The van der Waals surface area contributed by atoms with Gasteiger partial charge in [0, 0.05) is 6.42 Å². The number of aliphatic hydroxyl groups excluding tert-OH is 2. The van der Waals surface area contributed by atoms with Crippen molar-refractivity contribution in [2.75, 3.05) is 6.61 Å². The first-order valence-electron chi connectivity index (χ1n) is 7.49. The molecule has 2 aliphatic heterocycles. The number of phosphoric ester groups is 1. The number of aliphatic imine (C=N–C) groups is 1. The highest BCUT2D eigenvalue weighted by molar-refractivity contribution is 7.66. The SMILES string of the molecule is NC1=NC(=O)C(C2CC(O)C(COP(=O)(O)OP(=O)(O)OP(=O)(O)O)O2)C=C1O. The average molecular weight is 482 g/mol. The van der Waals surface area contributed by atoms with Gasteiger partial charge in [0.2, 0.25) is 0 Å². The van der Waals surface area contributed by atoms with Crippen LogP contribution in [-0.2, 0) is 36.4 Å². The number of aliphatic hydroxyl groups is 2. The van der Waals surface area contributed by atoms with E-state index >= 15 is 0 Å². The predicted molar refractivity (Wildman–Crippen MR) is 89.9 cm³/mol. The lowest BCUT2D eigenvalue weighted by atomic mass is 9.95. The van der Waals surface area contributed by atoms with Crippen LogP contribution in [0.1, 0.15) is 6.42 Å². The van der Waals surface area contributed by atoms with Crippen molar-refractivity contribution in [1.29, 1.82) is 0 Å². The van der Waals surface area contributed by atoms with Gasteiger partial charge in [-0.05, 0) is 6.08 Å². The first kappa shape index (κ1) is 24.3. The monoisotopic (exact) mass is 482 g/mol. The molecule has 0 aromatic heterocycles. The lowest BCUT2D eigenvalue weighted by molar-refractivity contribution is -0.125. The minimum Gasteiger partial charge on any atom is -0.504 e. The van der Waals surface area contributed by atoms with Crippen molar-refractivity contribution in [3.63, 3.8) is 0 Å². The Morgan fingerprint density at radius 2 is 1.79 bits per heavy atom. The number of hydrogen-bond donors (Lipinski definition) is 7. The van der Waals surface area contributed by atoms with Gasteiger partial charge in [-0.3, -0.25) is 9.32 Å². The summed E-state index contributed by atoms with van der Waals surface area (Å²) in [5, 5.41) is 19.5. The van der Waals surface area contributed by atoms with Gasteiger partial charge in [0.1, 0.15) is 6.10 Å². The van der Waals surface area contributed by atoms with Crippen molar-refractivity contribution in [1.82, 2.24) is 0 Å². The maximum absolute atomic E-state index is 11.9. The van der Waals surface area contributed by atoms with Crippen LogP contribution in [0.2, 0.25) is 0 Å². The van der Waals surface area contributed by atoms with Crippen LogP contribution in [0.4, 0.5) is 0 Å². The van der Waals surface area contributed by atoms with E-state index in [4.69, 9.17) is 25.2 Å². The fourth-order valence-electron chi connectivity index (χ4n) is 2.46. The lowest BCUT2D eigenvalue weighted by Crippen LogP contribution is -2.33. The summed E-state index contributed by atoms with van der Waals surface area (Å²) in [6.07, 6.45) is -2.74. The van der Waals surface area contributed by atoms with E-state index in [1.54, 1.807) is 0 Å². The van der Waals surface area contributed by atoms with Crippen molar-refractivity contribution in [3.05, 3.63) is 11.8 Å². The molecule has 0 radical (unpaired) electrons. The minimum absolute atomic E-state index is 0.167. The topological polar surface area (TPSA) is 265 Å². The summed E-state index contributed by atoms with van der Waals surface area (Å²) >= 11 is 0. The fourth-order valence-corrected chi connectivity index (χ4v) is 5.49. The maximum atomic E-state index is 11.9. The van der Waals surface area contributed by atoms with Crippen LogP contribution in [0.15, 0.2) is 16.8 Å². The highest BCUT2D eigenvalue weighted by Crippen LogP contribution is 2.66. The first-order valence-corrected chi connectivity index (χ1v) is 12.0. The molecule has 19 heteroatoms. The van der Waals surface area contributed by atoms with Crippen LogP contribution in [0, 0.1) is 5.92 Å². The second-order valence-corrected chi connectivity index (χ2v) is 10.2. The molecule has 0 spiro atoms. The van der Waals surface area contributed by atoms with Gasteiger partial charge in [0.05, 0.1) is 24.7 Å². The average Bonchev–Trinajstić information content (AvgIpc) is 2.86. The van der Waals surface area contributed by atoms with E-state index in [1.807, 2.05) is 0 Å².